The lowest BCUT2D eigenvalue weighted by Crippen LogP contribution is -2.37. The van der Waals surface area contributed by atoms with Crippen molar-refractivity contribution < 1.29 is 8.42 Å². The third-order valence-electron chi connectivity index (χ3n) is 3.54. The summed E-state index contributed by atoms with van der Waals surface area (Å²) in [5.41, 5.74) is 0. The Morgan fingerprint density at radius 3 is 2.06 bits per heavy atom. The Balaban J connectivity index is 1.86. The van der Waals surface area contributed by atoms with Crippen LogP contribution in [0.25, 0.3) is 0 Å². The fourth-order valence-electron chi connectivity index (χ4n) is 2.04. The molecule has 0 saturated heterocycles. The van der Waals surface area contributed by atoms with Crippen LogP contribution in [0.1, 0.15) is 32.1 Å². The Labute approximate surface area is 105 Å². The highest BCUT2D eigenvalue weighted by Crippen LogP contribution is 2.34. The van der Waals surface area contributed by atoms with E-state index in [1.54, 1.807) is 4.31 Å². The molecule has 0 amide bonds. The standard InChI is InChI=1S/C12H24N2O2S/c1-13-7-2-8-17(15,16)14(9-11-3-4-11)10-12-5-6-12/h11-13H,2-10H2,1H3. The van der Waals surface area contributed by atoms with E-state index in [9.17, 15) is 8.42 Å². The molecular formula is C12H24N2O2S. The van der Waals surface area contributed by atoms with Crippen LogP contribution in [0, 0.1) is 11.8 Å². The third-order valence-corrected chi connectivity index (χ3v) is 5.43. The van der Waals surface area contributed by atoms with Crippen molar-refractivity contribution in [2.75, 3.05) is 32.4 Å². The fraction of sp³-hybridized carbons (Fsp3) is 1.00. The second-order valence-electron chi connectivity index (χ2n) is 5.48. The largest absolute Gasteiger partial charge is 0.320 e. The first kappa shape index (κ1) is 13.3. The van der Waals surface area contributed by atoms with Gasteiger partial charge in [-0.25, -0.2) is 12.7 Å². The van der Waals surface area contributed by atoms with Crippen LogP contribution in [0.3, 0.4) is 0 Å². The lowest BCUT2D eigenvalue weighted by atomic mass is 10.4. The van der Waals surface area contributed by atoms with E-state index in [1.807, 2.05) is 7.05 Å². The first-order valence-electron chi connectivity index (χ1n) is 6.74. The zero-order valence-corrected chi connectivity index (χ0v) is 11.5. The van der Waals surface area contributed by atoms with Gasteiger partial charge in [-0.05, 0) is 57.5 Å². The molecule has 0 aromatic rings. The van der Waals surface area contributed by atoms with Crippen LogP contribution in [0.5, 0.6) is 0 Å². The van der Waals surface area contributed by atoms with Crippen molar-refractivity contribution in [2.45, 2.75) is 32.1 Å². The van der Waals surface area contributed by atoms with Crippen LogP contribution in [0.4, 0.5) is 0 Å². The summed E-state index contributed by atoms with van der Waals surface area (Å²) in [6.07, 6.45) is 5.57. The molecule has 2 rings (SSSR count). The Morgan fingerprint density at radius 1 is 1.12 bits per heavy atom. The van der Waals surface area contributed by atoms with Gasteiger partial charge < -0.3 is 5.32 Å². The number of hydrogen-bond donors (Lipinski definition) is 1. The van der Waals surface area contributed by atoms with Gasteiger partial charge in [-0.15, -0.1) is 0 Å². The van der Waals surface area contributed by atoms with Crippen LogP contribution in [0.2, 0.25) is 0 Å². The van der Waals surface area contributed by atoms with Gasteiger partial charge in [0.25, 0.3) is 0 Å². The monoisotopic (exact) mass is 260 g/mol. The fourth-order valence-corrected chi connectivity index (χ4v) is 3.68. The predicted molar refractivity (Wildman–Crippen MR) is 69.4 cm³/mol. The van der Waals surface area contributed by atoms with E-state index in [0.29, 0.717) is 24.0 Å². The van der Waals surface area contributed by atoms with Crippen molar-refractivity contribution in [3.63, 3.8) is 0 Å². The average Bonchev–Trinajstić information content (AvgIpc) is 3.11. The minimum Gasteiger partial charge on any atom is -0.320 e. The topological polar surface area (TPSA) is 49.4 Å². The van der Waals surface area contributed by atoms with Crippen LogP contribution in [-0.4, -0.2) is 45.2 Å². The van der Waals surface area contributed by atoms with Crippen molar-refractivity contribution in [3.8, 4) is 0 Å². The molecule has 0 aromatic carbocycles. The molecule has 0 bridgehead atoms. The molecule has 2 fully saturated rings. The zero-order valence-electron chi connectivity index (χ0n) is 10.7. The average molecular weight is 260 g/mol. The quantitative estimate of drug-likeness (QED) is 0.630. The predicted octanol–water partition coefficient (Wildman–Crippen LogP) is 1.05. The molecule has 1 N–H and O–H groups in total. The van der Waals surface area contributed by atoms with E-state index in [2.05, 4.69) is 5.32 Å². The Kier molecular flexibility index (Phi) is 4.44. The third kappa shape index (κ3) is 4.56. The summed E-state index contributed by atoms with van der Waals surface area (Å²) in [5.74, 6) is 1.59. The number of nitrogens with one attached hydrogen (secondary N) is 1. The highest BCUT2D eigenvalue weighted by Gasteiger charge is 2.34. The lowest BCUT2D eigenvalue weighted by Gasteiger charge is -2.22. The van der Waals surface area contributed by atoms with Gasteiger partial charge in [0.05, 0.1) is 5.75 Å². The minimum atomic E-state index is -3.01. The first-order chi connectivity index (χ1) is 8.12. The van der Waals surface area contributed by atoms with Crippen LogP contribution < -0.4 is 5.32 Å². The van der Waals surface area contributed by atoms with Crippen LogP contribution in [-0.2, 0) is 10.0 Å². The van der Waals surface area contributed by atoms with Crippen molar-refractivity contribution >= 4 is 10.0 Å². The van der Waals surface area contributed by atoms with Gasteiger partial charge in [-0.2, -0.15) is 0 Å². The maximum absolute atomic E-state index is 12.2. The van der Waals surface area contributed by atoms with Gasteiger partial charge in [0.1, 0.15) is 0 Å². The Hall–Kier alpha value is -0.130. The Morgan fingerprint density at radius 2 is 1.65 bits per heavy atom. The van der Waals surface area contributed by atoms with E-state index < -0.39 is 10.0 Å². The minimum absolute atomic E-state index is 0.299. The molecule has 4 nitrogen and oxygen atoms in total. The molecule has 0 spiro atoms. The molecule has 0 atom stereocenters. The second kappa shape index (κ2) is 5.67. The highest BCUT2D eigenvalue weighted by molar-refractivity contribution is 7.89. The van der Waals surface area contributed by atoms with Gasteiger partial charge in [0.15, 0.2) is 0 Å². The highest BCUT2D eigenvalue weighted by atomic mass is 32.2. The summed E-state index contributed by atoms with van der Waals surface area (Å²) >= 11 is 0. The summed E-state index contributed by atoms with van der Waals surface area (Å²) in [4.78, 5) is 0. The van der Waals surface area contributed by atoms with Crippen LogP contribution in [0.15, 0.2) is 0 Å². The summed E-state index contributed by atoms with van der Waals surface area (Å²) in [6.45, 7) is 2.33. The van der Waals surface area contributed by atoms with Crippen molar-refractivity contribution in [3.05, 3.63) is 0 Å². The number of sulfonamides is 1. The zero-order chi connectivity index (χ0) is 12.3. The van der Waals surface area contributed by atoms with Crippen LogP contribution >= 0.6 is 0 Å². The van der Waals surface area contributed by atoms with E-state index in [1.165, 1.54) is 25.7 Å². The summed E-state index contributed by atoms with van der Waals surface area (Å²) in [6, 6.07) is 0. The molecule has 0 aliphatic heterocycles. The second-order valence-corrected chi connectivity index (χ2v) is 7.57. The maximum atomic E-state index is 12.2. The van der Waals surface area contributed by atoms with Gasteiger partial charge in [-0.3, -0.25) is 0 Å². The number of rotatable bonds is 9. The number of hydrogen-bond acceptors (Lipinski definition) is 3. The molecular weight excluding hydrogens is 236 g/mol. The van der Waals surface area contributed by atoms with Gasteiger partial charge in [-0.1, -0.05) is 0 Å². The molecule has 5 heteroatoms. The molecule has 0 aromatic heterocycles. The molecule has 0 unspecified atom stereocenters. The van der Waals surface area contributed by atoms with Gasteiger partial charge >= 0.3 is 0 Å². The Bertz CT molecular complexity index is 320. The van der Waals surface area contributed by atoms with E-state index in [-0.39, 0.29) is 0 Å². The summed E-state index contributed by atoms with van der Waals surface area (Å²) in [7, 11) is -1.15. The van der Waals surface area contributed by atoms with Crippen molar-refractivity contribution in [1.82, 2.24) is 9.62 Å². The molecule has 2 aliphatic rings. The SMILES string of the molecule is CNCCCS(=O)(=O)N(CC1CC1)CC1CC1. The molecule has 100 valence electrons. The summed E-state index contributed by atoms with van der Waals surface area (Å²) in [5, 5.41) is 3.00. The van der Waals surface area contributed by atoms with E-state index >= 15 is 0 Å². The molecule has 2 saturated carbocycles. The van der Waals surface area contributed by atoms with Crippen molar-refractivity contribution in [2.24, 2.45) is 11.8 Å². The smallest absolute Gasteiger partial charge is 0.214 e. The van der Waals surface area contributed by atoms with Gasteiger partial charge in [0.2, 0.25) is 10.0 Å². The molecule has 17 heavy (non-hydrogen) atoms. The summed E-state index contributed by atoms with van der Waals surface area (Å²) < 4.78 is 26.2. The van der Waals surface area contributed by atoms with Crippen molar-refractivity contribution in [1.29, 1.82) is 0 Å². The van der Waals surface area contributed by atoms with Gasteiger partial charge in [0, 0.05) is 13.1 Å². The molecule has 0 heterocycles. The van der Waals surface area contributed by atoms with E-state index in [0.717, 1.165) is 19.6 Å². The first-order valence-corrected chi connectivity index (χ1v) is 8.35. The number of nitrogens with zero attached hydrogens (tertiary/aromatic N) is 1. The maximum Gasteiger partial charge on any atom is 0.214 e. The normalized spacial score (nSPS) is 21.1. The molecule has 2 aliphatic carbocycles. The lowest BCUT2D eigenvalue weighted by molar-refractivity contribution is 0.381. The molecule has 0 radical (unpaired) electrons. The van der Waals surface area contributed by atoms with E-state index in [4.69, 9.17) is 0 Å².